The van der Waals surface area contributed by atoms with Crippen LogP contribution >= 0.6 is 0 Å². The molecule has 0 bridgehead atoms. The molecule has 1 aliphatic carbocycles. The Bertz CT molecular complexity index is 489. The topological polar surface area (TPSA) is 59.2 Å². The van der Waals surface area contributed by atoms with Gasteiger partial charge in [0.05, 0.1) is 0 Å². The smallest absolute Gasteiger partial charge is 0.200 e. The minimum atomic E-state index is 0.686. The van der Waals surface area contributed by atoms with Gasteiger partial charge in [-0.1, -0.05) is 0 Å². The number of fused-ring (bicyclic) bond motifs is 1. The molecular formula is C10H14N6. The van der Waals surface area contributed by atoms with Crippen LogP contribution in [0.2, 0.25) is 0 Å². The summed E-state index contributed by atoms with van der Waals surface area (Å²) in [5.41, 5.74) is 0.686. The second-order valence-electron chi connectivity index (χ2n) is 4.20. The van der Waals surface area contributed by atoms with E-state index in [0.29, 0.717) is 5.65 Å². The molecule has 0 amide bonds. The summed E-state index contributed by atoms with van der Waals surface area (Å²) in [6.07, 6.45) is 2.70. The number of tetrazole rings is 1. The van der Waals surface area contributed by atoms with E-state index in [1.165, 1.54) is 17.5 Å². The van der Waals surface area contributed by atoms with E-state index in [-0.39, 0.29) is 0 Å². The van der Waals surface area contributed by atoms with Gasteiger partial charge in [0, 0.05) is 13.1 Å². The number of anilines is 1. The summed E-state index contributed by atoms with van der Waals surface area (Å²) in [6, 6.07) is 3.88. The number of nitrogens with zero attached hydrogens (tertiary/aromatic N) is 6. The van der Waals surface area contributed by atoms with Gasteiger partial charge in [0.25, 0.3) is 0 Å². The van der Waals surface area contributed by atoms with E-state index in [2.05, 4.69) is 32.4 Å². The first-order valence-corrected chi connectivity index (χ1v) is 5.67. The molecule has 16 heavy (non-hydrogen) atoms. The molecule has 6 nitrogen and oxygen atoms in total. The van der Waals surface area contributed by atoms with Gasteiger partial charge in [0.1, 0.15) is 0 Å². The summed E-state index contributed by atoms with van der Waals surface area (Å²) in [4.78, 5) is 2.28. The lowest BCUT2D eigenvalue weighted by Gasteiger charge is -2.20. The van der Waals surface area contributed by atoms with Gasteiger partial charge >= 0.3 is 0 Å². The fourth-order valence-corrected chi connectivity index (χ4v) is 1.81. The third kappa shape index (κ3) is 1.70. The van der Waals surface area contributed by atoms with Crippen molar-refractivity contribution in [1.29, 1.82) is 0 Å². The van der Waals surface area contributed by atoms with Crippen LogP contribution < -0.4 is 4.90 Å². The molecule has 84 valence electrons. The Balaban J connectivity index is 1.89. The second kappa shape index (κ2) is 3.70. The van der Waals surface area contributed by atoms with E-state index in [9.17, 15) is 0 Å². The van der Waals surface area contributed by atoms with E-state index in [1.807, 2.05) is 12.1 Å². The molecule has 0 unspecified atom stereocenters. The molecule has 0 saturated heterocycles. The molecule has 1 fully saturated rings. The van der Waals surface area contributed by atoms with Crippen LogP contribution in [0.4, 0.5) is 5.82 Å². The third-order valence-electron chi connectivity index (χ3n) is 2.94. The van der Waals surface area contributed by atoms with Crippen molar-refractivity contribution in [2.75, 3.05) is 18.0 Å². The van der Waals surface area contributed by atoms with E-state index in [0.717, 1.165) is 24.8 Å². The summed E-state index contributed by atoms with van der Waals surface area (Å²) in [5, 5.41) is 15.6. The largest absolute Gasteiger partial charge is 0.355 e. The molecule has 0 aliphatic heterocycles. The fourth-order valence-electron chi connectivity index (χ4n) is 1.81. The maximum atomic E-state index is 4.39. The van der Waals surface area contributed by atoms with Crippen LogP contribution in [0.25, 0.3) is 5.65 Å². The molecule has 0 N–H and O–H groups in total. The highest BCUT2D eigenvalue weighted by molar-refractivity contribution is 5.44. The molecule has 0 radical (unpaired) electrons. The molecule has 2 heterocycles. The number of rotatable bonds is 4. The van der Waals surface area contributed by atoms with Crippen molar-refractivity contribution >= 4 is 11.5 Å². The Morgan fingerprint density at radius 2 is 2.31 bits per heavy atom. The first-order valence-electron chi connectivity index (χ1n) is 5.67. The average molecular weight is 218 g/mol. The highest BCUT2D eigenvalue weighted by Crippen LogP contribution is 2.30. The summed E-state index contributed by atoms with van der Waals surface area (Å²) in [5.74, 6) is 1.81. The van der Waals surface area contributed by atoms with Crippen molar-refractivity contribution in [1.82, 2.24) is 25.3 Å². The fraction of sp³-hybridized carbons (Fsp3) is 0.600. The third-order valence-corrected chi connectivity index (χ3v) is 2.94. The molecule has 0 spiro atoms. The quantitative estimate of drug-likeness (QED) is 0.758. The number of aromatic nitrogens is 5. The van der Waals surface area contributed by atoms with Gasteiger partial charge in [-0.2, -0.15) is 0 Å². The van der Waals surface area contributed by atoms with Crippen LogP contribution in [0.5, 0.6) is 0 Å². The maximum absolute atomic E-state index is 4.39. The van der Waals surface area contributed by atoms with Crippen LogP contribution in [-0.2, 0) is 0 Å². The zero-order valence-corrected chi connectivity index (χ0v) is 9.24. The standard InChI is InChI=1S/C10H14N6/c1-2-15(7-8-3-4-8)10-6-5-9-11-13-14-16(9)12-10/h5-6,8H,2-4,7H2,1H3. The van der Waals surface area contributed by atoms with E-state index < -0.39 is 0 Å². The molecule has 0 aromatic carbocycles. The monoisotopic (exact) mass is 218 g/mol. The molecule has 6 heteroatoms. The van der Waals surface area contributed by atoms with Gasteiger partial charge in [0.2, 0.25) is 0 Å². The maximum Gasteiger partial charge on any atom is 0.200 e. The molecule has 2 aromatic heterocycles. The lowest BCUT2D eigenvalue weighted by Crippen LogP contribution is -2.26. The Hall–Kier alpha value is -1.72. The number of hydrogen-bond donors (Lipinski definition) is 0. The number of hydrogen-bond acceptors (Lipinski definition) is 5. The van der Waals surface area contributed by atoms with Crippen molar-refractivity contribution in [3.63, 3.8) is 0 Å². The molecule has 1 aliphatic rings. The Morgan fingerprint density at radius 3 is 3.06 bits per heavy atom. The van der Waals surface area contributed by atoms with Crippen LogP contribution in [0.1, 0.15) is 19.8 Å². The molecule has 0 atom stereocenters. The zero-order valence-electron chi connectivity index (χ0n) is 9.24. The normalized spacial score (nSPS) is 15.6. The van der Waals surface area contributed by atoms with Crippen molar-refractivity contribution in [2.45, 2.75) is 19.8 Å². The van der Waals surface area contributed by atoms with Gasteiger partial charge in [0.15, 0.2) is 11.5 Å². The van der Waals surface area contributed by atoms with Crippen molar-refractivity contribution in [3.8, 4) is 0 Å². The van der Waals surface area contributed by atoms with Gasteiger partial charge in [-0.25, -0.2) is 0 Å². The lowest BCUT2D eigenvalue weighted by molar-refractivity contribution is 0.687. The molecule has 2 aromatic rings. The first-order chi connectivity index (χ1) is 7.86. The molecule has 1 saturated carbocycles. The van der Waals surface area contributed by atoms with Gasteiger partial charge in [-0.05, 0) is 48.2 Å². The molecular weight excluding hydrogens is 204 g/mol. The predicted octanol–water partition coefficient (Wildman–Crippen LogP) is 0.756. The summed E-state index contributed by atoms with van der Waals surface area (Å²) in [6.45, 7) is 4.21. The predicted molar refractivity (Wildman–Crippen MR) is 59.2 cm³/mol. The minimum absolute atomic E-state index is 0.686. The van der Waals surface area contributed by atoms with Crippen molar-refractivity contribution in [3.05, 3.63) is 12.1 Å². The summed E-state index contributed by atoms with van der Waals surface area (Å²) >= 11 is 0. The minimum Gasteiger partial charge on any atom is -0.355 e. The first kappa shape index (κ1) is 9.50. The van der Waals surface area contributed by atoms with Gasteiger partial charge in [-0.15, -0.1) is 14.8 Å². The van der Waals surface area contributed by atoms with Gasteiger partial charge < -0.3 is 4.90 Å². The van der Waals surface area contributed by atoms with E-state index in [1.54, 1.807) is 0 Å². The summed E-state index contributed by atoms with van der Waals surface area (Å²) in [7, 11) is 0. The van der Waals surface area contributed by atoms with Crippen LogP contribution in [-0.4, -0.2) is 38.3 Å². The Labute approximate surface area is 93.2 Å². The average Bonchev–Trinajstić information content (AvgIpc) is 3.01. The SMILES string of the molecule is CCN(CC1CC1)c1ccc2nnnn2n1. The molecule has 3 rings (SSSR count). The van der Waals surface area contributed by atoms with Crippen LogP contribution in [0.3, 0.4) is 0 Å². The summed E-state index contributed by atoms with van der Waals surface area (Å²) < 4.78 is 1.48. The van der Waals surface area contributed by atoms with Crippen molar-refractivity contribution < 1.29 is 0 Å². The van der Waals surface area contributed by atoms with Crippen LogP contribution in [0.15, 0.2) is 12.1 Å². The van der Waals surface area contributed by atoms with E-state index in [4.69, 9.17) is 0 Å². The zero-order chi connectivity index (χ0) is 11.0. The Kier molecular flexibility index (Phi) is 2.19. The van der Waals surface area contributed by atoms with Crippen molar-refractivity contribution in [2.24, 2.45) is 5.92 Å². The van der Waals surface area contributed by atoms with E-state index >= 15 is 0 Å². The highest BCUT2D eigenvalue weighted by atomic mass is 15.6. The Morgan fingerprint density at radius 1 is 1.44 bits per heavy atom. The highest BCUT2D eigenvalue weighted by Gasteiger charge is 2.24. The van der Waals surface area contributed by atoms with Gasteiger partial charge in [-0.3, -0.25) is 0 Å². The second-order valence-corrected chi connectivity index (χ2v) is 4.20. The van der Waals surface area contributed by atoms with Crippen LogP contribution in [0, 0.1) is 5.92 Å². The lowest BCUT2D eigenvalue weighted by atomic mass is 10.3.